The minimum absolute atomic E-state index is 0. The molecule has 12 heteroatoms. The number of hydrogen-bond acceptors (Lipinski definition) is 8. The van der Waals surface area contributed by atoms with Crippen LogP contribution < -0.4 is 15.0 Å². The Balaban J connectivity index is 0.00000228. The van der Waals surface area contributed by atoms with E-state index in [1.165, 1.54) is 6.20 Å². The minimum atomic E-state index is -0.748. The quantitative estimate of drug-likeness (QED) is 0.496. The second-order valence-corrected chi connectivity index (χ2v) is 8.40. The van der Waals surface area contributed by atoms with Crippen molar-refractivity contribution < 1.29 is 19.4 Å². The van der Waals surface area contributed by atoms with E-state index in [-0.39, 0.29) is 39.1 Å². The number of hydrogen-bond donors (Lipinski definition) is 2. The summed E-state index contributed by atoms with van der Waals surface area (Å²) >= 11 is 0. The molecule has 0 radical (unpaired) electrons. The summed E-state index contributed by atoms with van der Waals surface area (Å²) in [5.41, 5.74) is 2.78. The number of piperidine rings is 1. The number of aliphatic hydroxyl groups is 1. The van der Waals surface area contributed by atoms with Gasteiger partial charge in [0.2, 0.25) is 0 Å². The molecule has 0 bridgehead atoms. The molecule has 36 heavy (non-hydrogen) atoms. The lowest BCUT2D eigenvalue weighted by Gasteiger charge is -2.36. The van der Waals surface area contributed by atoms with Gasteiger partial charge in [-0.1, -0.05) is 0 Å². The first-order valence-corrected chi connectivity index (χ1v) is 11.3. The molecule has 1 saturated heterocycles. The number of nitriles is 1. The van der Waals surface area contributed by atoms with Crippen LogP contribution in [0.5, 0.6) is 5.75 Å². The molecule has 0 aromatic carbocycles. The van der Waals surface area contributed by atoms with Crippen LogP contribution in [-0.4, -0.2) is 63.7 Å². The molecule has 2 N–H and O–H groups in total. The fourth-order valence-corrected chi connectivity index (χ4v) is 4.08. The van der Waals surface area contributed by atoms with Crippen LogP contribution >= 0.6 is 27.0 Å². The van der Waals surface area contributed by atoms with Gasteiger partial charge >= 0.3 is 6.09 Å². The molecule has 1 aliphatic rings. The average Bonchev–Trinajstić information content (AvgIpc) is 3.23. The van der Waals surface area contributed by atoms with E-state index in [4.69, 9.17) is 9.47 Å². The van der Waals surface area contributed by atoms with Gasteiger partial charge in [-0.3, -0.25) is 0 Å². The summed E-state index contributed by atoms with van der Waals surface area (Å²) in [6, 6.07) is 7.51. The van der Waals surface area contributed by atoms with Crippen LogP contribution in [0.4, 0.5) is 10.6 Å². The van der Waals surface area contributed by atoms with Crippen molar-refractivity contribution in [2.45, 2.75) is 45.4 Å². The largest absolute Gasteiger partial charge is 0.492 e. The zero-order valence-electron chi connectivity index (χ0n) is 20.4. The van der Waals surface area contributed by atoms with E-state index in [2.05, 4.69) is 21.5 Å². The van der Waals surface area contributed by atoms with Crippen molar-refractivity contribution in [1.82, 2.24) is 19.9 Å². The number of alkyl carbamates (subject to hydrolysis) is 1. The summed E-state index contributed by atoms with van der Waals surface area (Å²) in [5.74, 6) is 1.37. The third kappa shape index (κ3) is 6.34. The minimum Gasteiger partial charge on any atom is -0.492 e. The van der Waals surface area contributed by atoms with Gasteiger partial charge in [-0.15, -0.1) is 0 Å². The molecule has 3 aromatic rings. The number of ether oxygens (including phenoxy) is 2. The van der Waals surface area contributed by atoms with E-state index in [1.807, 2.05) is 30.0 Å². The second-order valence-electron chi connectivity index (χ2n) is 8.40. The zero-order valence-corrected chi connectivity index (χ0v) is 22.4. The second kappa shape index (κ2) is 12.7. The van der Waals surface area contributed by atoms with Gasteiger partial charge in [-0.25, -0.2) is 14.3 Å². The lowest BCUT2D eigenvalue weighted by Crippen LogP contribution is -2.54. The molecule has 0 aliphatic carbocycles. The number of pyridine rings is 2. The highest BCUT2D eigenvalue weighted by Crippen LogP contribution is 2.31. The Labute approximate surface area is 224 Å². The summed E-state index contributed by atoms with van der Waals surface area (Å²) in [6.07, 6.45) is 4.10. The van der Waals surface area contributed by atoms with Crippen molar-refractivity contribution in [2.24, 2.45) is 0 Å². The van der Waals surface area contributed by atoms with E-state index >= 15 is 0 Å². The Morgan fingerprint density at radius 3 is 2.72 bits per heavy atom. The standard InChI is InChI=1S/C24H28N6O4.2H2S/c1-4-33-18-9-19(23-17(10-25)12-27-30(23)13-18)16-5-6-22(26-11-16)29-8-7-20(21(31)14-29)28-24(32)34-15(2)3;;/h5-6,9,11-13,15,20-21,31H,4,7-8,14H2,1-3H3,(H,28,32);2*1H2/t20-,21-;;/m0../s1. The Hall–Kier alpha value is -3.14. The van der Waals surface area contributed by atoms with Gasteiger partial charge in [0.15, 0.2) is 0 Å². The number of aliphatic hydroxyl groups excluding tert-OH is 1. The molecule has 3 aromatic heterocycles. The first-order chi connectivity index (χ1) is 16.4. The topological polar surface area (TPSA) is 125 Å². The third-order valence-corrected chi connectivity index (χ3v) is 5.63. The van der Waals surface area contributed by atoms with Crippen LogP contribution in [0.3, 0.4) is 0 Å². The molecule has 194 valence electrons. The number of rotatable bonds is 6. The molecular weight excluding hydrogens is 500 g/mol. The van der Waals surface area contributed by atoms with Crippen molar-refractivity contribution in [2.75, 3.05) is 24.6 Å². The van der Waals surface area contributed by atoms with Gasteiger partial charge in [0.05, 0.1) is 48.3 Å². The van der Waals surface area contributed by atoms with Crippen LogP contribution in [0.25, 0.3) is 16.6 Å². The molecule has 2 atom stereocenters. The van der Waals surface area contributed by atoms with Gasteiger partial charge < -0.3 is 24.8 Å². The number of anilines is 1. The van der Waals surface area contributed by atoms with Crippen molar-refractivity contribution in [1.29, 1.82) is 5.26 Å². The maximum absolute atomic E-state index is 11.9. The predicted molar refractivity (Wildman–Crippen MR) is 146 cm³/mol. The van der Waals surface area contributed by atoms with Crippen LogP contribution in [0, 0.1) is 11.3 Å². The first-order valence-electron chi connectivity index (χ1n) is 11.3. The molecule has 10 nitrogen and oxygen atoms in total. The predicted octanol–water partition coefficient (Wildman–Crippen LogP) is 2.97. The number of carbonyl (C=O) groups is 1. The highest BCUT2D eigenvalue weighted by atomic mass is 32.1. The SMILES string of the molecule is CCOc1cc(-c2ccc(N3CC[C@H](NC(=O)OC(C)C)[C@@H](O)C3)nc2)c2c(C#N)cnn2c1.S.S. The number of nitrogens with one attached hydrogen (secondary N) is 1. The number of fused-ring (bicyclic) bond motifs is 1. The monoisotopic (exact) mass is 532 g/mol. The van der Waals surface area contributed by atoms with Gasteiger partial charge in [-0.2, -0.15) is 37.4 Å². The smallest absolute Gasteiger partial charge is 0.407 e. The molecule has 4 rings (SSSR count). The Bertz CT molecular complexity index is 1210. The lowest BCUT2D eigenvalue weighted by atomic mass is 10.0. The lowest BCUT2D eigenvalue weighted by molar-refractivity contribution is 0.0827. The van der Waals surface area contributed by atoms with Crippen molar-refractivity contribution >= 4 is 44.4 Å². The van der Waals surface area contributed by atoms with Gasteiger partial charge in [0, 0.05) is 30.4 Å². The Morgan fingerprint density at radius 1 is 1.33 bits per heavy atom. The average molecular weight is 533 g/mol. The molecule has 0 saturated carbocycles. The number of nitrogens with zero attached hydrogens (tertiary/aromatic N) is 5. The van der Waals surface area contributed by atoms with Crippen molar-refractivity contribution in [3.8, 4) is 22.9 Å². The van der Waals surface area contributed by atoms with E-state index in [0.717, 1.165) is 16.9 Å². The third-order valence-electron chi connectivity index (χ3n) is 5.63. The van der Waals surface area contributed by atoms with Crippen molar-refractivity contribution in [3.63, 3.8) is 0 Å². The van der Waals surface area contributed by atoms with E-state index in [1.54, 1.807) is 30.8 Å². The fourth-order valence-electron chi connectivity index (χ4n) is 4.08. The van der Waals surface area contributed by atoms with Crippen LogP contribution in [0.1, 0.15) is 32.8 Å². The van der Waals surface area contributed by atoms with E-state index < -0.39 is 12.2 Å². The summed E-state index contributed by atoms with van der Waals surface area (Å²) < 4.78 is 12.4. The summed E-state index contributed by atoms with van der Waals surface area (Å²) in [5, 5.41) is 27.1. The highest BCUT2D eigenvalue weighted by Gasteiger charge is 2.30. The Morgan fingerprint density at radius 2 is 2.11 bits per heavy atom. The molecule has 1 aliphatic heterocycles. The van der Waals surface area contributed by atoms with Gasteiger partial charge in [-0.05, 0) is 45.4 Å². The molecule has 4 heterocycles. The Kier molecular flexibility index (Phi) is 10.3. The molecular formula is C24H32N6O4S2. The number of amides is 1. The summed E-state index contributed by atoms with van der Waals surface area (Å²) in [7, 11) is 0. The van der Waals surface area contributed by atoms with Crippen LogP contribution in [-0.2, 0) is 4.74 Å². The van der Waals surface area contributed by atoms with Gasteiger partial charge in [0.25, 0.3) is 0 Å². The van der Waals surface area contributed by atoms with Crippen LogP contribution in [0.2, 0.25) is 0 Å². The van der Waals surface area contributed by atoms with Crippen LogP contribution in [0.15, 0.2) is 36.8 Å². The molecule has 1 amide bonds. The number of β-amino-alcohol motifs (C(OH)–C–C–N with tert-alkyl or cyclic N) is 1. The zero-order chi connectivity index (χ0) is 24.2. The first kappa shape index (κ1) is 29.1. The van der Waals surface area contributed by atoms with Crippen molar-refractivity contribution in [3.05, 3.63) is 42.4 Å². The summed E-state index contributed by atoms with van der Waals surface area (Å²) in [4.78, 5) is 18.5. The maximum atomic E-state index is 11.9. The van der Waals surface area contributed by atoms with Gasteiger partial charge in [0.1, 0.15) is 17.6 Å². The molecule has 0 spiro atoms. The highest BCUT2D eigenvalue weighted by molar-refractivity contribution is 7.59. The van der Waals surface area contributed by atoms with E-state index in [9.17, 15) is 15.2 Å². The summed E-state index contributed by atoms with van der Waals surface area (Å²) in [6.45, 7) is 6.94. The molecule has 0 unspecified atom stereocenters. The van der Waals surface area contributed by atoms with E-state index in [0.29, 0.717) is 42.9 Å². The number of carbonyl (C=O) groups excluding carboxylic acids is 1. The fraction of sp³-hybridized carbons (Fsp3) is 0.417. The molecule has 1 fully saturated rings. The normalized spacial score (nSPS) is 17.1. The number of aromatic nitrogens is 3. The maximum Gasteiger partial charge on any atom is 0.407 e.